The third kappa shape index (κ3) is 3.46. The quantitative estimate of drug-likeness (QED) is 0.868. The van der Waals surface area contributed by atoms with Gasteiger partial charge in [-0.2, -0.15) is 4.31 Å². The second-order valence-corrected chi connectivity index (χ2v) is 7.65. The molecule has 1 fully saturated rings. The van der Waals surface area contributed by atoms with Crippen LogP contribution in [0.2, 0.25) is 10.0 Å². The Labute approximate surface area is 129 Å². The van der Waals surface area contributed by atoms with Crippen molar-refractivity contribution in [2.75, 3.05) is 13.2 Å². The Morgan fingerprint density at radius 2 is 1.80 bits per heavy atom. The summed E-state index contributed by atoms with van der Waals surface area (Å²) in [5, 5.41) is 9.54. The summed E-state index contributed by atoms with van der Waals surface area (Å²) in [5.41, 5.74) is 0. The topological polar surface area (TPSA) is 57.6 Å². The van der Waals surface area contributed by atoms with Gasteiger partial charge in [0.2, 0.25) is 10.0 Å². The highest BCUT2D eigenvalue weighted by Gasteiger charge is 2.34. The fourth-order valence-corrected chi connectivity index (χ4v) is 4.66. The minimum Gasteiger partial charge on any atom is -0.396 e. The van der Waals surface area contributed by atoms with Crippen LogP contribution in [0.3, 0.4) is 0 Å². The van der Waals surface area contributed by atoms with E-state index in [1.165, 1.54) is 22.5 Å². The molecule has 20 heavy (non-hydrogen) atoms. The largest absolute Gasteiger partial charge is 0.396 e. The van der Waals surface area contributed by atoms with Crippen molar-refractivity contribution in [1.29, 1.82) is 0 Å². The van der Waals surface area contributed by atoms with Gasteiger partial charge in [0.1, 0.15) is 0 Å². The molecule has 1 aliphatic carbocycles. The Kier molecular flexibility index (Phi) is 5.31. The van der Waals surface area contributed by atoms with Crippen LogP contribution in [0.4, 0.5) is 0 Å². The minimum atomic E-state index is -3.63. The molecule has 0 aliphatic heterocycles. The smallest absolute Gasteiger partial charge is 0.243 e. The van der Waals surface area contributed by atoms with Crippen LogP contribution in [-0.2, 0) is 10.0 Å². The third-order valence-corrected chi connectivity index (χ3v) is 5.83. The van der Waals surface area contributed by atoms with E-state index in [-0.39, 0.29) is 17.5 Å². The summed E-state index contributed by atoms with van der Waals surface area (Å²) in [6.45, 7) is 0.280. The second-order valence-electron chi connectivity index (χ2n) is 4.88. The molecule has 2 rings (SSSR count). The van der Waals surface area contributed by atoms with E-state index in [0.29, 0.717) is 23.0 Å². The van der Waals surface area contributed by atoms with Crippen molar-refractivity contribution in [3.63, 3.8) is 0 Å². The van der Waals surface area contributed by atoms with Crippen molar-refractivity contribution in [2.45, 2.75) is 36.6 Å². The number of halogens is 2. The number of benzene rings is 1. The first-order chi connectivity index (χ1) is 9.45. The molecule has 0 spiro atoms. The van der Waals surface area contributed by atoms with Gasteiger partial charge in [0.15, 0.2) is 0 Å². The highest BCUT2D eigenvalue weighted by molar-refractivity contribution is 7.89. The standard InChI is InChI=1S/C13H17Cl2NO3S/c14-10-7-11(15)9-13(8-10)20(18,19)16(5-2-6-17)12-3-1-4-12/h7-9,12,17H,1-6H2. The maximum absolute atomic E-state index is 12.7. The van der Waals surface area contributed by atoms with E-state index in [4.69, 9.17) is 28.3 Å². The minimum absolute atomic E-state index is 0.0179. The lowest BCUT2D eigenvalue weighted by Gasteiger charge is -2.36. The van der Waals surface area contributed by atoms with Gasteiger partial charge in [0.05, 0.1) is 4.90 Å². The van der Waals surface area contributed by atoms with Crippen LogP contribution in [0, 0.1) is 0 Å². The average molecular weight is 338 g/mol. The summed E-state index contributed by atoms with van der Waals surface area (Å²) in [4.78, 5) is 0.111. The molecule has 1 saturated carbocycles. The number of sulfonamides is 1. The fourth-order valence-electron chi connectivity index (χ4n) is 2.21. The van der Waals surface area contributed by atoms with Gasteiger partial charge < -0.3 is 5.11 Å². The highest BCUT2D eigenvalue weighted by atomic mass is 35.5. The SMILES string of the molecule is O=S(=O)(c1cc(Cl)cc(Cl)c1)N(CCCO)C1CCC1. The van der Waals surface area contributed by atoms with Crippen LogP contribution in [-0.4, -0.2) is 37.0 Å². The van der Waals surface area contributed by atoms with E-state index in [1.54, 1.807) is 0 Å². The summed E-state index contributed by atoms with van der Waals surface area (Å²) in [5.74, 6) is 0. The third-order valence-electron chi connectivity index (χ3n) is 3.46. The van der Waals surface area contributed by atoms with Gasteiger partial charge in [-0.15, -0.1) is 0 Å². The monoisotopic (exact) mass is 337 g/mol. The lowest BCUT2D eigenvalue weighted by atomic mass is 9.93. The molecule has 1 aromatic rings. The zero-order valence-electron chi connectivity index (χ0n) is 10.9. The maximum atomic E-state index is 12.7. The van der Waals surface area contributed by atoms with Gasteiger partial charge in [-0.1, -0.05) is 29.6 Å². The van der Waals surface area contributed by atoms with Crippen LogP contribution in [0.15, 0.2) is 23.1 Å². The van der Waals surface area contributed by atoms with Crippen LogP contribution in [0.25, 0.3) is 0 Å². The normalized spacial score (nSPS) is 16.4. The number of nitrogens with zero attached hydrogens (tertiary/aromatic N) is 1. The molecule has 0 bridgehead atoms. The van der Waals surface area contributed by atoms with Crippen molar-refractivity contribution >= 4 is 33.2 Å². The zero-order chi connectivity index (χ0) is 14.8. The zero-order valence-corrected chi connectivity index (χ0v) is 13.3. The van der Waals surface area contributed by atoms with Gasteiger partial charge in [-0.3, -0.25) is 0 Å². The molecule has 0 heterocycles. The van der Waals surface area contributed by atoms with E-state index in [1.807, 2.05) is 0 Å². The summed E-state index contributed by atoms with van der Waals surface area (Å²) in [6, 6.07) is 4.34. The molecule has 0 aromatic heterocycles. The lowest BCUT2D eigenvalue weighted by molar-refractivity contribution is 0.198. The maximum Gasteiger partial charge on any atom is 0.243 e. The molecule has 0 unspecified atom stereocenters. The van der Waals surface area contributed by atoms with Crippen molar-refractivity contribution < 1.29 is 13.5 Å². The molecule has 0 amide bonds. The van der Waals surface area contributed by atoms with Crippen molar-refractivity contribution in [3.05, 3.63) is 28.2 Å². The lowest BCUT2D eigenvalue weighted by Crippen LogP contribution is -2.44. The summed E-state index contributed by atoms with van der Waals surface area (Å²) >= 11 is 11.8. The van der Waals surface area contributed by atoms with Gasteiger partial charge in [0.25, 0.3) is 0 Å². The first kappa shape index (κ1) is 16.0. The number of hydrogen-bond acceptors (Lipinski definition) is 3. The Balaban J connectivity index is 2.33. The van der Waals surface area contributed by atoms with Crippen LogP contribution >= 0.6 is 23.2 Å². The summed E-state index contributed by atoms with van der Waals surface area (Å²) in [6.07, 6.45) is 3.17. The van der Waals surface area contributed by atoms with Gasteiger partial charge >= 0.3 is 0 Å². The Bertz CT molecular complexity index is 553. The van der Waals surface area contributed by atoms with Crippen LogP contribution in [0.1, 0.15) is 25.7 Å². The first-order valence-corrected chi connectivity index (χ1v) is 8.73. The number of hydrogen-bond donors (Lipinski definition) is 1. The van der Waals surface area contributed by atoms with Crippen LogP contribution in [0.5, 0.6) is 0 Å². The van der Waals surface area contributed by atoms with Gasteiger partial charge in [-0.05, 0) is 37.5 Å². The van der Waals surface area contributed by atoms with E-state index in [2.05, 4.69) is 0 Å². The van der Waals surface area contributed by atoms with Gasteiger partial charge in [0, 0.05) is 29.2 Å². The fraction of sp³-hybridized carbons (Fsp3) is 0.538. The molecular weight excluding hydrogens is 321 g/mol. The van der Waals surface area contributed by atoms with E-state index < -0.39 is 10.0 Å². The van der Waals surface area contributed by atoms with E-state index in [0.717, 1.165) is 19.3 Å². The van der Waals surface area contributed by atoms with Crippen LogP contribution < -0.4 is 0 Å². The first-order valence-electron chi connectivity index (χ1n) is 6.54. The highest BCUT2D eigenvalue weighted by Crippen LogP contribution is 2.32. The molecule has 0 saturated heterocycles. The predicted molar refractivity (Wildman–Crippen MR) is 79.7 cm³/mol. The molecule has 1 N–H and O–H groups in total. The van der Waals surface area contributed by atoms with E-state index in [9.17, 15) is 8.42 Å². The number of aliphatic hydroxyl groups is 1. The molecule has 1 aromatic carbocycles. The molecule has 0 radical (unpaired) electrons. The van der Waals surface area contributed by atoms with Gasteiger partial charge in [-0.25, -0.2) is 8.42 Å². The van der Waals surface area contributed by atoms with Crippen molar-refractivity contribution in [3.8, 4) is 0 Å². The number of aliphatic hydroxyl groups excluding tert-OH is 1. The number of rotatable bonds is 6. The summed E-state index contributed by atoms with van der Waals surface area (Å²) in [7, 11) is -3.63. The molecular formula is C13H17Cl2NO3S. The Morgan fingerprint density at radius 1 is 1.20 bits per heavy atom. The Morgan fingerprint density at radius 3 is 2.25 bits per heavy atom. The molecule has 4 nitrogen and oxygen atoms in total. The second kappa shape index (κ2) is 6.62. The Hall–Kier alpha value is -0.330. The van der Waals surface area contributed by atoms with E-state index >= 15 is 0 Å². The molecule has 7 heteroatoms. The van der Waals surface area contributed by atoms with Crippen molar-refractivity contribution in [2.24, 2.45) is 0 Å². The van der Waals surface area contributed by atoms with Crippen molar-refractivity contribution in [1.82, 2.24) is 4.31 Å². The summed E-state index contributed by atoms with van der Waals surface area (Å²) < 4.78 is 26.9. The molecule has 1 aliphatic rings. The molecule has 0 atom stereocenters. The molecule has 112 valence electrons. The predicted octanol–water partition coefficient (Wildman–Crippen LogP) is 2.92. The average Bonchev–Trinajstić information content (AvgIpc) is 2.30.